The molecule has 1 aliphatic heterocycles. The minimum absolute atomic E-state index is 0.588. The summed E-state index contributed by atoms with van der Waals surface area (Å²) in [6.07, 6.45) is 5.71. The molecule has 1 aromatic carbocycles. The Kier molecular flexibility index (Phi) is 3.21. The molecule has 0 radical (unpaired) electrons. The molecule has 1 aromatic rings. The Balaban J connectivity index is 1.42. The van der Waals surface area contributed by atoms with Crippen molar-refractivity contribution >= 4 is 0 Å². The molecule has 0 amide bonds. The van der Waals surface area contributed by atoms with E-state index >= 15 is 0 Å². The lowest BCUT2D eigenvalue weighted by molar-refractivity contribution is 0.165. The van der Waals surface area contributed by atoms with Gasteiger partial charge in [-0.3, -0.25) is 0 Å². The van der Waals surface area contributed by atoms with Gasteiger partial charge in [-0.05, 0) is 54.7 Å². The van der Waals surface area contributed by atoms with E-state index in [0.29, 0.717) is 18.6 Å². The second kappa shape index (κ2) is 5.09. The average molecular weight is 289 g/mol. The quantitative estimate of drug-likeness (QED) is 0.874. The third kappa shape index (κ3) is 2.57. The maximum Gasteiger partial charge on any atom is 0.203 e. The second-order valence-corrected chi connectivity index (χ2v) is 6.56. The zero-order valence-electron chi connectivity index (χ0n) is 12.6. The van der Waals surface area contributed by atoms with Crippen molar-refractivity contribution in [3.63, 3.8) is 0 Å². The summed E-state index contributed by atoms with van der Waals surface area (Å²) in [4.78, 5) is 0. The first-order valence-electron chi connectivity index (χ1n) is 7.98. The molecule has 0 atom stereocenters. The summed E-state index contributed by atoms with van der Waals surface area (Å²) < 4.78 is 16.7. The van der Waals surface area contributed by atoms with Crippen LogP contribution in [0, 0.1) is 11.3 Å². The standard InChI is InChI=1S/C17H23NO3/c1-19-14-8-12(9-15-16(14)21-7-6-20-15)10-18-11-17(4-5-17)13-2-3-13/h8-9,13,18H,2-7,10-11H2,1H3. The highest BCUT2D eigenvalue weighted by Crippen LogP contribution is 2.60. The van der Waals surface area contributed by atoms with Crippen LogP contribution in [0.25, 0.3) is 0 Å². The molecule has 0 aromatic heterocycles. The van der Waals surface area contributed by atoms with Crippen LogP contribution in [0.5, 0.6) is 17.2 Å². The van der Waals surface area contributed by atoms with Crippen molar-refractivity contribution < 1.29 is 14.2 Å². The number of hydrogen-bond acceptors (Lipinski definition) is 4. The Morgan fingerprint density at radius 1 is 1.24 bits per heavy atom. The molecule has 4 rings (SSSR count). The maximum absolute atomic E-state index is 5.68. The van der Waals surface area contributed by atoms with Gasteiger partial charge in [0.05, 0.1) is 7.11 Å². The molecule has 2 fully saturated rings. The highest BCUT2D eigenvalue weighted by atomic mass is 16.6. The van der Waals surface area contributed by atoms with Crippen LogP contribution < -0.4 is 19.5 Å². The predicted molar refractivity (Wildman–Crippen MR) is 80.1 cm³/mol. The minimum atomic E-state index is 0.588. The third-order valence-corrected chi connectivity index (χ3v) is 5.03. The van der Waals surface area contributed by atoms with Crippen LogP contribution >= 0.6 is 0 Å². The smallest absolute Gasteiger partial charge is 0.203 e. The van der Waals surface area contributed by atoms with Gasteiger partial charge in [0, 0.05) is 13.1 Å². The summed E-state index contributed by atoms with van der Waals surface area (Å²) in [6.45, 7) is 3.21. The molecule has 2 saturated carbocycles. The number of ether oxygens (including phenoxy) is 3. The van der Waals surface area contributed by atoms with Gasteiger partial charge in [-0.2, -0.15) is 0 Å². The first kappa shape index (κ1) is 13.3. The van der Waals surface area contributed by atoms with Crippen molar-refractivity contribution in [1.82, 2.24) is 5.32 Å². The van der Waals surface area contributed by atoms with Crippen LogP contribution in [-0.4, -0.2) is 26.9 Å². The van der Waals surface area contributed by atoms with E-state index in [2.05, 4.69) is 17.4 Å². The van der Waals surface area contributed by atoms with E-state index in [9.17, 15) is 0 Å². The topological polar surface area (TPSA) is 39.7 Å². The normalized spacial score (nSPS) is 22.0. The molecule has 4 heteroatoms. The lowest BCUT2D eigenvalue weighted by Crippen LogP contribution is -2.25. The molecular weight excluding hydrogens is 266 g/mol. The zero-order valence-corrected chi connectivity index (χ0v) is 12.6. The lowest BCUT2D eigenvalue weighted by Gasteiger charge is -2.22. The van der Waals surface area contributed by atoms with Gasteiger partial charge in [0.15, 0.2) is 11.5 Å². The van der Waals surface area contributed by atoms with Crippen LogP contribution in [0.4, 0.5) is 0 Å². The largest absolute Gasteiger partial charge is 0.493 e. The van der Waals surface area contributed by atoms with Crippen LogP contribution in [0.1, 0.15) is 31.2 Å². The van der Waals surface area contributed by atoms with Gasteiger partial charge in [-0.15, -0.1) is 0 Å². The fraction of sp³-hybridized carbons (Fsp3) is 0.647. The van der Waals surface area contributed by atoms with Crippen molar-refractivity contribution in [3.8, 4) is 17.2 Å². The minimum Gasteiger partial charge on any atom is -0.493 e. The number of methoxy groups -OCH3 is 1. The van der Waals surface area contributed by atoms with Gasteiger partial charge < -0.3 is 19.5 Å². The van der Waals surface area contributed by atoms with E-state index < -0.39 is 0 Å². The molecule has 0 saturated heterocycles. The molecule has 0 unspecified atom stereocenters. The summed E-state index contributed by atoms with van der Waals surface area (Å²) in [6, 6.07) is 4.12. The summed E-state index contributed by atoms with van der Waals surface area (Å²) in [7, 11) is 1.68. The van der Waals surface area contributed by atoms with E-state index in [4.69, 9.17) is 14.2 Å². The zero-order chi connectivity index (χ0) is 14.3. The van der Waals surface area contributed by atoms with E-state index in [1.165, 1.54) is 31.2 Å². The Bertz CT molecular complexity index is 518. The van der Waals surface area contributed by atoms with Gasteiger partial charge in [0.1, 0.15) is 13.2 Å². The third-order valence-electron chi connectivity index (χ3n) is 5.03. The van der Waals surface area contributed by atoms with Crippen molar-refractivity contribution in [2.45, 2.75) is 32.2 Å². The van der Waals surface area contributed by atoms with E-state index in [1.807, 2.05) is 0 Å². The number of benzene rings is 1. The lowest BCUT2D eigenvalue weighted by atomic mass is 10.0. The van der Waals surface area contributed by atoms with E-state index in [-0.39, 0.29) is 0 Å². The van der Waals surface area contributed by atoms with E-state index in [0.717, 1.165) is 36.3 Å². The van der Waals surface area contributed by atoms with Crippen LogP contribution in [-0.2, 0) is 6.54 Å². The number of nitrogens with one attached hydrogen (secondary N) is 1. The molecule has 0 spiro atoms. The number of hydrogen-bond donors (Lipinski definition) is 1. The molecule has 3 aliphatic rings. The Morgan fingerprint density at radius 2 is 2.05 bits per heavy atom. The highest BCUT2D eigenvalue weighted by molar-refractivity contribution is 5.54. The molecular formula is C17H23NO3. The second-order valence-electron chi connectivity index (χ2n) is 6.56. The van der Waals surface area contributed by atoms with Gasteiger partial charge in [-0.1, -0.05) is 0 Å². The van der Waals surface area contributed by atoms with E-state index in [1.54, 1.807) is 7.11 Å². The number of fused-ring (bicyclic) bond motifs is 1. The molecule has 4 nitrogen and oxygen atoms in total. The summed E-state index contributed by atoms with van der Waals surface area (Å²) >= 11 is 0. The summed E-state index contributed by atoms with van der Waals surface area (Å²) in [5, 5.41) is 3.63. The number of rotatable bonds is 6. The maximum atomic E-state index is 5.68. The first-order valence-corrected chi connectivity index (χ1v) is 7.98. The molecule has 1 N–H and O–H groups in total. The molecule has 114 valence electrons. The SMILES string of the molecule is COc1cc(CNCC2(C3CC3)CC2)cc2c1OCCO2. The van der Waals surface area contributed by atoms with Gasteiger partial charge in [-0.25, -0.2) is 0 Å². The van der Waals surface area contributed by atoms with Crippen molar-refractivity contribution in [2.24, 2.45) is 11.3 Å². The van der Waals surface area contributed by atoms with Crippen LogP contribution in [0.3, 0.4) is 0 Å². The van der Waals surface area contributed by atoms with Crippen LogP contribution in [0.2, 0.25) is 0 Å². The Morgan fingerprint density at radius 3 is 2.76 bits per heavy atom. The van der Waals surface area contributed by atoms with Crippen LogP contribution in [0.15, 0.2) is 12.1 Å². The molecule has 1 heterocycles. The van der Waals surface area contributed by atoms with Crippen molar-refractivity contribution in [2.75, 3.05) is 26.9 Å². The van der Waals surface area contributed by atoms with Crippen molar-refractivity contribution in [3.05, 3.63) is 17.7 Å². The van der Waals surface area contributed by atoms with Crippen molar-refractivity contribution in [1.29, 1.82) is 0 Å². The molecule has 2 aliphatic carbocycles. The molecule has 0 bridgehead atoms. The summed E-state index contributed by atoms with van der Waals surface area (Å²) in [5.74, 6) is 3.32. The monoisotopic (exact) mass is 289 g/mol. The Labute approximate surface area is 125 Å². The highest BCUT2D eigenvalue weighted by Gasteiger charge is 2.53. The Hall–Kier alpha value is -1.42. The van der Waals surface area contributed by atoms with Gasteiger partial charge in [0.2, 0.25) is 5.75 Å². The fourth-order valence-electron chi connectivity index (χ4n) is 3.47. The van der Waals surface area contributed by atoms with Gasteiger partial charge in [0.25, 0.3) is 0 Å². The first-order chi connectivity index (χ1) is 10.3. The predicted octanol–water partition coefficient (Wildman–Crippen LogP) is 2.75. The molecule has 21 heavy (non-hydrogen) atoms. The summed E-state index contributed by atoms with van der Waals surface area (Å²) in [5.41, 5.74) is 1.83. The van der Waals surface area contributed by atoms with Gasteiger partial charge >= 0.3 is 0 Å². The fourth-order valence-corrected chi connectivity index (χ4v) is 3.47. The average Bonchev–Trinajstić information content (AvgIpc) is 3.38.